The van der Waals surface area contributed by atoms with Gasteiger partial charge in [-0.15, -0.1) is 5.10 Å². The summed E-state index contributed by atoms with van der Waals surface area (Å²) in [6, 6.07) is 16.1. The summed E-state index contributed by atoms with van der Waals surface area (Å²) < 4.78 is 23.7. The number of hydrogen-bond acceptors (Lipinski definition) is 9. The summed E-state index contributed by atoms with van der Waals surface area (Å²) in [6.45, 7) is 2.03. The number of ketones is 1. The molecule has 222 valence electrons. The molecule has 3 aromatic carbocycles. The van der Waals surface area contributed by atoms with Gasteiger partial charge in [0.2, 0.25) is 18.6 Å². The van der Waals surface area contributed by atoms with Crippen LogP contribution in [0.1, 0.15) is 41.7 Å². The van der Waals surface area contributed by atoms with Crippen LogP contribution in [-0.2, 0) is 20.9 Å². The summed E-state index contributed by atoms with van der Waals surface area (Å²) in [5.74, 6) is 0.0757. The molecule has 0 aliphatic carbocycles. The Morgan fingerprint density at radius 3 is 2.58 bits per heavy atom. The molecule has 0 saturated carbocycles. The van der Waals surface area contributed by atoms with Crippen LogP contribution in [0, 0.1) is 0 Å². The van der Waals surface area contributed by atoms with Gasteiger partial charge < -0.3 is 24.3 Å². The minimum absolute atomic E-state index is 0.0290. The summed E-state index contributed by atoms with van der Waals surface area (Å²) in [4.78, 5) is 42.9. The van der Waals surface area contributed by atoms with Crippen molar-refractivity contribution in [2.45, 2.75) is 38.5 Å². The number of amides is 2. The minimum Gasteiger partial charge on any atom is -0.497 e. The van der Waals surface area contributed by atoms with Crippen molar-refractivity contribution in [2.75, 3.05) is 32.0 Å². The summed E-state index contributed by atoms with van der Waals surface area (Å²) in [7, 11) is 1.55. The average Bonchev–Trinajstić information content (AvgIpc) is 3.80. The molecular weight excluding hydrogens is 554 g/mol. The fourth-order valence-corrected chi connectivity index (χ4v) is 5.39. The van der Waals surface area contributed by atoms with Gasteiger partial charge in [-0.05, 0) is 55.7 Å². The highest BCUT2D eigenvalue weighted by Gasteiger charge is 2.37. The number of hydrogen-bond donors (Lipinski definition) is 1. The van der Waals surface area contributed by atoms with E-state index in [0.717, 1.165) is 12.8 Å². The first-order chi connectivity index (χ1) is 20.9. The fourth-order valence-electron chi connectivity index (χ4n) is 5.39. The number of benzene rings is 3. The van der Waals surface area contributed by atoms with Crippen LogP contribution in [0.2, 0.25) is 0 Å². The molecule has 4 aromatic rings. The van der Waals surface area contributed by atoms with Crippen LogP contribution in [0.15, 0.2) is 60.7 Å². The van der Waals surface area contributed by atoms with E-state index in [4.69, 9.17) is 18.9 Å². The molecule has 12 nitrogen and oxygen atoms in total. The number of carbonyl (C=O) groups is 3. The zero-order chi connectivity index (χ0) is 29.9. The molecule has 1 N–H and O–H groups in total. The standard InChI is InChI=1S/C31H31N5O7/c1-19(37)23-14-27-28(43-18-42-27)15-26(23)36(29(38)17-35-25-8-4-3-7-24(25)33-34-35)30(20-9-11-21(40-2)12-10-20)31(39)32-16-22-6-5-13-41-22/h3-4,7-12,14-15,22,30H,5-6,13,16-18H2,1-2H3,(H,32,39)/t22-,30-/m0/s1. The van der Waals surface area contributed by atoms with Crippen LogP contribution in [0.25, 0.3) is 11.0 Å². The maximum absolute atomic E-state index is 14.5. The number of carbonyl (C=O) groups excluding carboxylic acids is 3. The number of ether oxygens (including phenoxy) is 4. The van der Waals surface area contributed by atoms with E-state index in [1.54, 1.807) is 49.6 Å². The second-order valence-electron chi connectivity index (χ2n) is 10.3. The van der Waals surface area contributed by atoms with Gasteiger partial charge in [0.1, 0.15) is 23.9 Å². The summed E-state index contributed by atoms with van der Waals surface area (Å²) in [6.07, 6.45) is 1.62. The lowest BCUT2D eigenvalue weighted by Crippen LogP contribution is -2.47. The Morgan fingerprint density at radius 2 is 1.86 bits per heavy atom. The molecule has 2 aliphatic heterocycles. The Bertz CT molecular complexity index is 1660. The van der Waals surface area contributed by atoms with Crippen molar-refractivity contribution in [3.05, 3.63) is 71.8 Å². The number of para-hydroxylation sites is 1. The zero-order valence-corrected chi connectivity index (χ0v) is 23.8. The summed E-state index contributed by atoms with van der Waals surface area (Å²) in [5.41, 5.74) is 2.19. The molecule has 0 spiro atoms. The predicted molar refractivity (Wildman–Crippen MR) is 155 cm³/mol. The third-order valence-electron chi connectivity index (χ3n) is 7.57. The van der Waals surface area contributed by atoms with Crippen molar-refractivity contribution in [3.8, 4) is 17.2 Å². The number of nitrogens with zero attached hydrogens (tertiary/aromatic N) is 4. The number of rotatable bonds is 10. The SMILES string of the molecule is COc1ccc([C@@H](C(=O)NC[C@@H]2CCCO2)N(C(=O)Cn2nnc3ccccc32)c2cc3c(cc2C(C)=O)OCO3)cc1. The first-order valence-electron chi connectivity index (χ1n) is 14.0. The Morgan fingerprint density at radius 1 is 1.09 bits per heavy atom. The first kappa shape index (κ1) is 28.2. The summed E-state index contributed by atoms with van der Waals surface area (Å²) >= 11 is 0. The van der Waals surface area contributed by atoms with E-state index in [9.17, 15) is 14.4 Å². The summed E-state index contributed by atoms with van der Waals surface area (Å²) in [5, 5.41) is 11.3. The van der Waals surface area contributed by atoms with Gasteiger partial charge in [0.25, 0.3) is 0 Å². The fraction of sp³-hybridized carbons (Fsp3) is 0.323. The Kier molecular flexibility index (Phi) is 7.93. The lowest BCUT2D eigenvalue weighted by Gasteiger charge is -2.33. The van der Waals surface area contributed by atoms with Gasteiger partial charge >= 0.3 is 0 Å². The van der Waals surface area contributed by atoms with Crippen molar-refractivity contribution in [1.82, 2.24) is 20.3 Å². The average molecular weight is 586 g/mol. The van der Waals surface area contributed by atoms with Gasteiger partial charge in [0.15, 0.2) is 17.3 Å². The van der Waals surface area contributed by atoms with Crippen molar-refractivity contribution in [2.24, 2.45) is 0 Å². The lowest BCUT2D eigenvalue weighted by atomic mass is 9.99. The Labute approximate surface area is 247 Å². The number of methoxy groups -OCH3 is 1. The molecule has 12 heteroatoms. The van der Waals surface area contributed by atoms with E-state index in [2.05, 4.69) is 15.6 Å². The maximum Gasteiger partial charge on any atom is 0.249 e. The van der Waals surface area contributed by atoms with Gasteiger partial charge in [-0.25, -0.2) is 4.68 Å². The van der Waals surface area contributed by atoms with E-state index < -0.39 is 17.9 Å². The van der Waals surface area contributed by atoms with Crippen LogP contribution in [0.4, 0.5) is 5.69 Å². The van der Waals surface area contributed by atoms with E-state index in [1.165, 1.54) is 16.5 Å². The monoisotopic (exact) mass is 585 g/mol. The number of fused-ring (bicyclic) bond motifs is 2. The second kappa shape index (κ2) is 12.1. The number of nitrogens with one attached hydrogen (secondary N) is 1. The predicted octanol–water partition coefficient (Wildman–Crippen LogP) is 3.44. The zero-order valence-electron chi connectivity index (χ0n) is 23.8. The van der Waals surface area contributed by atoms with Crippen LogP contribution in [0.3, 0.4) is 0 Å². The molecular formula is C31H31N5O7. The highest BCUT2D eigenvalue weighted by atomic mass is 16.7. The molecule has 2 aliphatic rings. The lowest BCUT2D eigenvalue weighted by molar-refractivity contribution is -0.127. The smallest absolute Gasteiger partial charge is 0.249 e. The Hall–Kier alpha value is -4.97. The first-order valence-corrected chi connectivity index (χ1v) is 14.0. The third kappa shape index (κ3) is 5.73. The maximum atomic E-state index is 14.5. The van der Waals surface area contributed by atoms with Gasteiger partial charge in [-0.1, -0.05) is 29.5 Å². The molecule has 0 unspecified atom stereocenters. The molecule has 2 atom stereocenters. The highest BCUT2D eigenvalue weighted by Crippen LogP contribution is 2.41. The van der Waals surface area contributed by atoms with Crippen molar-refractivity contribution in [1.29, 1.82) is 0 Å². The number of anilines is 1. The number of Topliss-reactive ketones (excluding diaryl/α,β-unsaturated/α-hetero) is 1. The number of aromatic nitrogens is 3. The molecule has 1 fully saturated rings. The second-order valence-corrected chi connectivity index (χ2v) is 10.3. The topological polar surface area (TPSA) is 134 Å². The quantitative estimate of drug-likeness (QED) is 0.278. The molecule has 0 bridgehead atoms. The van der Waals surface area contributed by atoms with Gasteiger partial charge in [-0.3, -0.25) is 19.3 Å². The third-order valence-corrected chi connectivity index (χ3v) is 7.57. The van der Waals surface area contributed by atoms with Crippen LogP contribution in [0.5, 0.6) is 17.2 Å². The highest BCUT2D eigenvalue weighted by molar-refractivity contribution is 6.08. The van der Waals surface area contributed by atoms with Crippen molar-refractivity contribution < 1.29 is 33.3 Å². The minimum atomic E-state index is -1.17. The van der Waals surface area contributed by atoms with Gasteiger partial charge in [0.05, 0.1) is 24.4 Å². The molecule has 3 heterocycles. The van der Waals surface area contributed by atoms with Crippen LogP contribution in [-0.4, -0.2) is 65.7 Å². The molecule has 43 heavy (non-hydrogen) atoms. The van der Waals surface area contributed by atoms with Gasteiger partial charge in [0, 0.05) is 24.8 Å². The molecule has 6 rings (SSSR count). The van der Waals surface area contributed by atoms with E-state index in [1.807, 2.05) is 18.2 Å². The normalized spacial score (nSPS) is 16.2. The Balaban J connectivity index is 1.47. The largest absolute Gasteiger partial charge is 0.497 e. The van der Waals surface area contributed by atoms with E-state index >= 15 is 0 Å². The van der Waals surface area contributed by atoms with Crippen molar-refractivity contribution in [3.63, 3.8) is 0 Å². The molecule has 1 saturated heterocycles. The molecule has 2 amide bonds. The molecule has 1 aromatic heterocycles. The molecule has 0 radical (unpaired) electrons. The van der Waals surface area contributed by atoms with Crippen LogP contribution >= 0.6 is 0 Å². The van der Waals surface area contributed by atoms with Crippen LogP contribution < -0.4 is 24.4 Å². The van der Waals surface area contributed by atoms with E-state index in [-0.39, 0.29) is 43.0 Å². The van der Waals surface area contributed by atoms with Gasteiger partial charge in [-0.2, -0.15) is 0 Å². The van der Waals surface area contributed by atoms with Crippen molar-refractivity contribution >= 4 is 34.3 Å². The van der Waals surface area contributed by atoms with E-state index in [0.29, 0.717) is 40.5 Å².